The number of hydrogen-bond acceptors (Lipinski definition) is 9. The van der Waals surface area contributed by atoms with Crippen LogP contribution in [0.1, 0.15) is 28.5 Å². The Morgan fingerprint density at radius 3 is 2.72 bits per heavy atom. The summed E-state index contributed by atoms with van der Waals surface area (Å²) in [6.45, 7) is 4.37. The van der Waals surface area contributed by atoms with Gasteiger partial charge in [-0.15, -0.1) is 5.10 Å². The van der Waals surface area contributed by atoms with Crippen LogP contribution in [0.4, 0.5) is 5.82 Å². The third-order valence-electron chi connectivity index (χ3n) is 4.50. The van der Waals surface area contributed by atoms with Gasteiger partial charge in [-0.3, -0.25) is 4.79 Å². The number of nitrogens with two attached hydrogens (primary N) is 1. The van der Waals surface area contributed by atoms with E-state index >= 15 is 0 Å². The number of carbonyl (C=O) groups is 1. The number of ether oxygens (including phenoxy) is 1. The van der Waals surface area contributed by atoms with E-state index in [1.165, 1.54) is 10.9 Å². The van der Waals surface area contributed by atoms with E-state index in [1.807, 2.05) is 62.4 Å². The molecule has 2 aromatic carbocycles. The summed E-state index contributed by atoms with van der Waals surface area (Å²) in [6.07, 6.45) is 1.50. The summed E-state index contributed by atoms with van der Waals surface area (Å²) in [5, 5.41) is 19.4. The molecule has 162 valence electrons. The first kappa shape index (κ1) is 20.7. The van der Waals surface area contributed by atoms with Crippen molar-refractivity contribution in [2.45, 2.75) is 13.8 Å². The van der Waals surface area contributed by atoms with Gasteiger partial charge in [0.2, 0.25) is 11.6 Å². The van der Waals surface area contributed by atoms with Crippen LogP contribution in [0.2, 0.25) is 0 Å². The lowest BCUT2D eigenvalue weighted by atomic mass is 10.1. The fourth-order valence-electron chi connectivity index (χ4n) is 2.98. The fraction of sp³-hybridized carbons (Fsp3) is 0.143. The number of rotatable bonds is 7. The Kier molecular flexibility index (Phi) is 5.88. The first-order valence-corrected chi connectivity index (χ1v) is 9.75. The molecule has 0 saturated heterocycles. The van der Waals surface area contributed by atoms with Gasteiger partial charge in [-0.1, -0.05) is 47.2 Å². The van der Waals surface area contributed by atoms with Crippen molar-refractivity contribution in [2.24, 2.45) is 5.10 Å². The van der Waals surface area contributed by atoms with E-state index in [-0.39, 0.29) is 17.3 Å². The Bertz CT molecular complexity index is 1260. The third kappa shape index (κ3) is 4.17. The van der Waals surface area contributed by atoms with Gasteiger partial charge >= 0.3 is 0 Å². The van der Waals surface area contributed by atoms with Crippen LogP contribution in [-0.4, -0.2) is 44.0 Å². The summed E-state index contributed by atoms with van der Waals surface area (Å²) in [5.41, 5.74) is 11.2. The molecule has 0 bridgehead atoms. The van der Waals surface area contributed by atoms with Gasteiger partial charge in [0, 0.05) is 11.1 Å². The zero-order valence-corrected chi connectivity index (χ0v) is 17.4. The van der Waals surface area contributed by atoms with Gasteiger partial charge in [-0.25, -0.2) is 10.1 Å². The van der Waals surface area contributed by atoms with Crippen LogP contribution in [-0.2, 0) is 0 Å². The third-order valence-corrected chi connectivity index (χ3v) is 4.50. The van der Waals surface area contributed by atoms with Crippen molar-refractivity contribution in [1.82, 2.24) is 30.7 Å². The second-order valence-corrected chi connectivity index (χ2v) is 6.71. The monoisotopic (exact) mass is 432 g/mol. The minimum absolute atomic E-state index is 0.0146. The average Bonchev–Trinajstić information content (AvgIpc) is 3.41. The number of anilines is 1. The standard InChI is InChI=1S/C21H20N8O3/c1-3-31-16-7-5-4-6-15(16)12-23-25-21(30)17-18(14-10-8-13(2)9-11-14)29(28-24-17)20-19(22)26-32-27-20/h4-12H,3H2,1-2H3,(H2,22,26)(H,25,30). The van der Waals surface area contributed by atoms with Crippen molar-refractivity contribution < 1.29 is 14.2 Å². The Labute approximate surface area is 182 Å². The average molecular weight is 432 g/mol. The van der Waals surface area contributed by atoms with Gasteiger partial charge in [0.25, 0.3) is 5.91 Å². The smallest absolute Gasteiger partial charge is 0.294 e. The normalized spacial score (nSPS) is 11.1. The zero-order valence-electron chi connectivity index (χ0n) is 17.4. The molecule has 0 radical (unpaired) electrons. The minimum Gasteiger partial charge on any atom is -0.493 e. The molecular formula is C21H20N8O3. The molecule has 0 fully saturated rings. The van der Waals surface area contributed by atoms with Crippen LogP contribution in [0.3, 0.4) is 0 Å². The molecule has 0 spiro atoms. The molecule has 4 aromatic rings. The molecule has 1 amide bonds. The maximum absolute atomic E-state index is 12.9. The van der Waals surface area contributed by atoms with Crippen LogP contribution >= 0.6 is 0 Å². The van der Waals surface area contributed by atoms with Gasteiger partial charge in [-0.2, -0.15) is 9.78 Å². The summed E-state index contributed by atoms with van der Waals surface area (Å²) in [6, 6.07) is 14.8. The number of benzene rings is 2. The van der Waals surface area contributed by atoms with Crippen molar-refractivity contribution in [2.75, 3.05) is 12.3 Å². The topological polar surface area (TPSA) is 146 Å². The molecule has 4 rings (SSSR count). The van der Waals surface area contributed by atoms with Crippen LogP contribution in [0.25, 0.3) is 17.1 Å². The highest BCUT2D eigenvalue weighted by molar-refractivity contribution is 5.99. The first-order chi connectivity index (χ1) is 15.6. The molecule has 2 heterocycles. The predicted molar refractivity (Wildman–Crippen MR) is 116 cm³/mol. The number of nitrogens with one attached hydrogen (secondary N) is 1. The molecule has 0 aliphatic heterocycles. The van der Waals surface area contributed by atoms with E-state index in [4.69, 9.17) is 10.5 Å². The first-order valence-electron chi connectivity index (χ1n) is 9.75. The lowest BCUT2D eigenvalue weighted by Crippen LogP contribution is -2.19. The molecule has 0 atom stereocenters. The highest BCUT2D eigenvalue weighted by atomic mass is 16.6. The van der Waals surface area contributed by atoms with Crippen molar-refractivity contribution in [1.29, 1.82) is 0 Å². The number of carbonyl (C=O) groups excluding carboxylic acids is 1. The fourth-order valence-corrected chi connectivity index (χ4v) is 2.98. The molecule has 0 saturated carbocycles. The Morgan fingerprint density at radius 2 is 2.00 bits per heavy atom. The summed E-state index contributed by atoms with van der Waals surface area (Å²) >= 11 is 0. The molecule has 2 aromatic heterocycles. The Hall–Kier alpha value is -4.54. The van der Waals surface area contributed by atoms with Crippen molar-refractivity contribution in [3.8, 4) is 22.8 Å². The second kappa shape index (κ2) is 9.08. The zero-order chi connectivity index (χ0) is 22.5. The van der Waals surface area contributed by atoms with Crippen LogP contribution in [0.5, 0.6) is 5.75 Å². The summed E-state index contributed by atoms with van der Waals surface area (Å²) in [5.74, 6) is 0.238. The van der Waals surface area contributed by atoms with Gasteiger partial charge in [0.1, 0.15) is 11.4 Å². The molecule has 11 nitrogen and oxygen atoms in total. The van der Waals surface area contributed by atoms with Crippen LogP contribution in [0.15, 0.2) is 58.3 Å². The molecule has 11 heteroatoms. The van der Waals surface area contributed by atoms with E-state index in [9.17, 15) is 4.79 Å². The van der Waals surface area contributed by atoms with Gasteiger partial charge in [0.05, 0.1) is 12.8 Å². The van der Waals surface area contributed by atoms with E-state index in [0.29, 0.717) is 23.6 Å². The van der Waals surface area contributed by atoms with E-state index in [0.717, 1.165) is 11.1 Å². The van der Waals surface area contributed by atoms with Gasteiger partial charge in [0.15, 0.2) is 5.69 Å². The molecule has 0 aliphatic carbocycles. The maximum Gasteiger partial charge on any atom is 0.294 e. The molecule has 0 aliphatic rings. The number of para-hydroxylation sites is 1. The number of aromatic nitrogens is 5. The van der Waals surface area contributed by atoms with Crippen molar-refractivity contribution in [3.05, 3.63) is 65.4 Å². The Balaban J connectivity index is 1.66. The quantitative estimate of drug-likeness (QED) is 0.334. The van der Waals surface area contributed by atoms with Crippen molar-refractivity contribution >= 4 is 17.9 Å². The number of aryl methyl sites for hydroxylation is 1. The maximum atomic E-state index is 12.9. The number of amides is 1. The largest absolute Gasteiger partial charge is 0.493 e. The number of nitrogen functional groups attached to an aromatic ring is 1. The number of hydrogen-bond donors (Lipinski definition) is 2. The molecule has 0 unspecified atom stereocenters. The summed E-state index contributed by atoms with van der Waals surface area (Å²) in [7, 11) is 0. The Morgan fingerprint density at radius 1 is 1.22 bits per heavy atom. The van der Waals surface area contributed by atoms with Gasteiger partial charge < -0.3 is 10.5 Å². The van der Waals surface area contributed by atoms with E-state index in [1.54, 1.807) is 0 Å². The SMILES string of the molecule is CCOc1ccccc1C=NNC(=O)c1nnn(-c2nonc2N)c1-c1ccc(C)cc1. The van der Waals surface area contributed by atoms with Gasteiger partial charge in [-0.05, 0) is 36.3 Å². The highest BCUT2D eigenvalue weighted by Crippen LogP contribution is 2.26. The van der Waals surface area contributed by atoms with Crippen LogP contribution in [0, 0.1) is 6.92 Å². The summed E-state index contributed by atoms with van der Waals surface area (Å²) < 4.78 is 11.5. The van der Waals surface area contributed by atoms with E-state index in [2.05, 4.69) is 35.8 Å². The van der Waals surface area contributed by atoms with Crippen molar-refractivity contribution in [3.63, 3.8) is 0 Å². The molecular weight excluding hydrogens is 412 g/mol. The van der Waals surface area contributed by atoms with Crippen LogP contribution < -0.4 is 15.9 Å². The highest BCUT2D eigenvalue weighted by Gasteiger charge is 2.25. The lowest BCUT2D eigenvalue weighted by Gasteiger charge is -2.07. The predicted octanol–water partition coefficient (Wildman–Crippen LogP) is 2.37. The summed E-state index contributed by atoms with van der Waals surface area (Å²) in [4.78, 5) is 12.9. The second-order valence-electron chi connectivity index (χ2n) is 6.71. The number of nitrogens with zero attached hydrogens (tertiary/aromatic N) is 6. The minimum atomic E-state index is -0.563. The number of hydrazone groups is 1. The molecule has 32 heavy (non-hydrogen) atoms. The molecule has 3 N–H and O–H groups in total. The van der Waals surface area contributed by atoms with E-state index < -0.39 is 5.91 Å². The lowest BCUT2D eigenvalue weighted by molar-refractivity contribution is 0.0950.